The first-order valence-electron chi connectivity index (χ1n) is 5.22. The number of carbonyl (C=O) groups is 2. The number of carbonyl (C=O) groups excluding carboxylic acids is 2. The molecule has 96 valence electrons. The number of hydrogen-bond donors (Lipinski definition) is 0. The van der Waals surface area contributed by atoms with E-state index in [1.807, 2.05) is 0 Å². The maximum absolute atomic E-state index is 11.9. The summed E-state index contributed by atoms with van der Waals surface area (Å²) in [5, 5.41) is 0.474. The Morgan fingerprint density at radius 2 is 2.39 bits per heavy atom. The van der Waals surface area contributed by atoms with Crippen LogP contribution >= 0.6 is 27.5 Å². The highest BCUT2D eigenvalue weighted by Crippen LogP contribution is 2.31. The molecule has 2 heterocycles. The largest absolute Gasteiger partial charge is 0.469 e. The van der Waals surface area contributed by atoms with Crippen molar-refractivity contribution in [3.8, 4) is 0 Å². The van der Waals surface area contributed by atoms with Crippen molar-refractivity contribution in [2.75, 3.05) is 18.6 Å². The summed E-state index contributed by atoms with van der Waals surface area (Å²) in [5.41, 5.74) is 0. The molecular formula is C11H10BrClN2O3. The Hall–Kier alpha value is -1.14. The topological polar surface area (TPSA) is 59.5 Å². The second-order valence-corrected chi connectivity index (χ2v) is 5.18. The van der Waals surface area contributed by atoms with E-state index >= 15 is 0 Å². The van der Waals surface area contributed by atoms with Crippen molar-refractivity contribution < 1.29 is 14.3 Å². The van der Waals surface area contributed by atoms with Crippen LogP contribution in [0, 0.1) is 5.92 Å². The van der Waals surface area contributed by atoms with Gasteiger partial charge in [-0.25, -0.2) is 4.98 Å². The smallest absolute Gasteiger partial charge is 0.311 e. The van der Waals surface area contributed by atoms with Gasteiger partial charge in [0.1, 0.15) is 5.82 Å². The van der Waals surface area contributed by atoms with Crippen LogP contribution in [0.2, 0.25) is 5.02 Å². The molecule has 2 rings (SSSR count). The van der Waals surface area contributed by atoms with Gasteiger partial charge < -0.3 is 4.74 Å². The Balaban J connectivity index is 2.24. The molecule has 5 nitrogen and oxygen atoms in total. The zero-order valence-electron chi connectivity index (χ0n) is 9.52. The molecule has 0 N–H and O–H groups in total. The van der Waals surface area contributed by atoms with E-state index in [4.69, 9.17) is 11.6 Å². The van der Waals surface area contributed by atoms with Crippen LogP contribution in [0.3, 0.4) is 0 Å². The van der Waals surface area contributed by atoms with Crippen LogP contribution in [0.1, 0.15) is 6.42 Å². The summed E-state index contributed by atoms with van der Waals surface area (Å²) < 4.78 is 5.26. The van der Waals surface area contributed by atoms with Crippen LogP contribution in [0.15, 0.2) is 16.7 Å². The van der Waals surface area contributed by atoms with Crippen molar-refractivity contribution in [3.05, 3.63) is 21.8 Å². The summed E-state index contributed by atoms with van der Waals surface area (Å²) in [7, 11) is 1.31. The summed E-state index contributed by atoms with van der Waals surface area (Å²) in [5.74, 6) is -0.500. The summed E-state index contributed by atoms with van der Waals surface area (Å²) in [6.45, 7) is 0.277. The standard InChI is InChI=1S/C11H10BrClN2O3/c1-18-11(17)6-2-9(16)15(5-6)10-8(12)3-7(13)4-14-10/h3-4,6H,2,5H2,1H3. The predicted molar refractivity (Wildman–Crippen MR) is 69.4 cm³/mol. The molecule has 1 aromatic heterocycles. The van der Waals surface area contributed by atoms with E-state index in [0.29, 0.717) is 15.3 Å². The lowest BCUT2D eigenvalue weighted by molar-refractivity contribution is -0.145. The quantitative estimate of drug-likeness (QED) is 0.777. The minimum atomic E-state index is -0.438. The van der Waals surface area contributed by atoms with E-state index in [-0.39, 0.29) is 24.8 Å². The Kier molecular flexibility index (Phi) is 3.87. The van der Waals surface area contributed by atoms with Crippen LogP contribution in [-0.4, -0.2) is 30.5 Å². The zero-order chi connectivity index (χ0) is 13.3. The molecule has 1 saturated heterocycles. The third-order valence-corrected chi connectivity index (χ3v) is 3.49. The number of nitrogens with zero attached hydrogens (tertiary/aromatic N) is 2. The molecule has 1 aliphatic rings. The third kappa shape index (κ3) is 2.49. The molecule has 1 aromatic rings. The van der Waals surface area contributed by atoms with Crippen molar-refractivity contribution in [2.45, 2.75) is 6.42 Å². The van der Waals surface area contributed by atoms with Gasteiger partial charge in [0.25, 0.3) is 0 Å². The summed E-state index contributed by atoms with van der Waals surface area (Å²) in [6.07, 6.45) is 1.60. The van der Waals surface area contributed by atoms with Crippen LogP contribution in [-0.2, 0) is 14.3 Å². The number of rotatable bonds is 2. The van der Waals surface area contributed by atoms with Gasteiger partial charge in [0.2, 0.25) is 5.91 Å². The lowest BCUT2D eigenvalue weighted by atomic mass is 10.1. The molecule has 1 unspecified atom stereocenters. The number of ether oxygens (including phenoxy) is 1. The third-order valence-electron chi connectivity index (χ3n) is 2.70. The molecule has 7 heteroatoms. The minimum Gasteiger partial charge on any atom is -0.469 e. The van der Waals surface area contributed by atoms with Crippen LogP contribution in [0.5, 0.6) is 0 Å². The Morgan fingerprint density at radius 3 is 3.00 bits per heavy atom. The molecule has 0 radical (unpaired) electrons. The average Bonchev–Trinajstić information content (AvgIpc) is 2.70. The lowest BCUT2D eigenvalue weighted by Gasteiger charge is -2.16. The maximum Gasteiger partial charge on any atom is 0.311 e. The fourth-order valence-corrected chi connectivity index (χ4v) is 2.70. The molecule has 1 fully saturated rings. The predicted octanol–water partition coefficient (Wildman–Crippen LogP) is 2.02. The van der Waals surface area contributed by atoms with Crippen LogP contribution in [0.4, 0.5) is 5.82 Å². The second-order valence-electron chi connectivity index (χ2n) is 3.89. The fourth-order valence-electron chi connectivity index (χ4n) is 1.84. The second kappa shape index (κ2) is 5.24. The maximum atomic E-state index is 11.9. The number of halogens is 2. The molecule has 18 heavy (non-hydrogen) atoms. The van der Waals surface area contributed by atoms with E-state index < -0.39 is 5.92 Å². The van der Waals surface area contributed by atoms with E-state index in [1.54, 1.807) is 6.07 Å². The minimum absolute atomic E-state index is 0.142. The molecule has 0 aliphatic carbocycles. The van der Waals surface area contributed by atoms with Crippen molar-refractivity contribution >= 4 is 45.2 Å². The molecule has 0 bridgehead atoms. The lowest BCUT2D eigenvalue weighted by Crippen LogP contribution is -2.27. The van der Waals surface area contributed by atoms with E-state index in [9.17, 15) is 9.59 Å². The van der Waals surface area contributed by atoms with Gasteiger partial charge in [0, 0.05) is 19.2 Å². The van der Waals surface area contributed by atoms with Crippen LogP contribution in [0.25, 0.3) is 0 Å². The molecule has 1 aliphatic heterocycles. The monoisotopic (exact) mass is 332 g/mol. The first kappa shape index (κ1) is 13.3. The van der Waals surface area contributed by atoms with Gasteiger partial charge >= 0.3 is 5.97 Å². The van der Waals surface area contributed by atoms with Gasteiger partial charge in [-0.15, -0.1) is 0 Å². The molecule has 0 spiro atoms. The Labute approximate surface area is 117 Å². The zero-order valence-corrected chi connectivity index (χ0v) is 11.9. The Morgan fingerprint density at radius 1 is 1.67 bits per heavy atom. The van der Waals surface area contributed by atoms with E-state index in [2.05, 4.69) is 25.7 Å². The highest BCUT2D eigenvalue weighted by atomic mass is 79.9. The van der Waals surface area contributed by atoms with Gasteiger partial charge in [0.05, 0.1) is 22.5 Å². The van der Waals surface area contributed by atoms with Crippen molar-refractivity contribution in [2.24, 2.45) is 5.92 Å². The Bertz CT molecular complexity index is 509. The molecule has 1 amide bonds. The summed E-state index contributed by atoms with van der Waals surface area (Å²) in [4.78, 5) is 28.9. The molecule has 1 atom stereocenters. The first-order chi connectivity index (χ1) is 8.52. The number of amides is 1. The highest BCUT2D eigenvalue weighted by Gasteiger charge is 2.37. The van der Waals surface area contributed by atoms with Gasteiger partial charge in [0.15, 0.2) is 0 Å². The number of pyridine rings is 1. The van der Waals surface area contributed by atoms with Crippen molar-refractivity contribution in [1.29, 1.82) is 0 Å². The number of esters is 1. The van der Waals surface area contributed by atoms with Gasteiger partial charge in [-0.2, -0.15) is 0 Å². The van der Waals surface area contributed by atoms with E-state index in [1.165, 1.54) is 18.2 Å². The molecule has 0 saturated carbocycles. The van der Waals surface area contributed by atoms with Crippen LogP contribution < -0.4 is 4.90 Å². The van der Waals surface area contributed by atoms with Crippen molar-refractivity contribution in [3.63, 3.8) is 0 Å². The number of methoxy groups -OCH3 is 1. The van der Waals surface area contributed by atoms with Gasteiger partial charge in [-0.3, -0.25) is 14.5 Å². The summed E-state index contributed by atoms with van der Waals surface area (Å²) >= 11 is 9.09. The van der Waals surface area contributed by atoms with Crippen molar-refractivity contribution in [1.82, 2.24) is 4.98 Å². The normalized spacial score (nSPS) is 19.2. The molecule has 0 aromatic carbocycles. The number of anilines is 1. The summed E-state index contributed by atoms with van der Waals surface area (Å²) in [6, 6.07) is 1.66. The fraction of sp³-hybridized carbons (Fsp3) is 0.364. The average molecular weight is 334 g/mol. The highest BCUT2D eigenvalue weighted by molar-refractivity contribution is 9.10. The van der Waals surface area contributed by atoms with Gasteiger partial charge in [-0.1, -0.05) is 11.6 Å². The SMILES string of the molecule is COC(=O)C1CC(=O)N(c2ncc(Cl)cc2Br)C1. The molecular weight excluding hydrogens is 323 g/mol. The first-order valence-corrected chi connectivity index (χ1v) is 6.39. The number of hydrogen-bond acceptors (Lipinski definition) is 4. The van der Waals surface area contributed by atoms with E-state index in [0.717, 1.165) is 0 Å². The van der Waals surface area contributed by atoms with Gasteiger partial charge in [-0.05, 0) is 22.0 Å². The number of aromatic nitrogens is 1.